The Morgan fingerprint density at radius 3 is 2.53 bits per heavy atom. The van der Waals surface area contributed by atoms with Crippen molar-refractivity contribution in [1.29, 1.82) is 0 Å². The van der Waals surface area contributed by atoms with Crippen LogP contribution in [0.3, 0.4) is 0 Å². The van der Waals surface area contributed by atoms with Gasteiger partial charge >= 0.3 is 0 Å². The van der Waals surface area contributed by atoms with Crippen molar-refractivity contribution in [2.24, 2.45) is 0 Å². The first kappa shape index (κ1) is 29.6. The normalized spacial score (nSPS) is 16.8. The monoisotopic (exact) mass is 680 g/mol. The number of carbonyl (C=O) groups is 2. The van der Waals surface area contributed by atoms with E-state index in [0.29, 0.717) is 31.9 Å². The summed E-state index contributed by atoms with van der Waals surface area (Å²) in [5.41, 5.74) is 1.16. The van der Waals surface area contributed by atoms with Gasteiger partial charge in [0.25, 0.3) is 11.8 Å². The molecule has 1 unspecified atom stereocenters. The topological polar surface area (TPSA) is 96.6 Å². The summed E-state index contributed by atoms with van der Waals surface area (Å²) in [5.74, 6) is -1.25. The number of aromatic nitrogens is 2. The van der Waals surface area contributed by atoms with Crippen LogP contribution in [-0.2, 0) is 22.6 Å². The number of aryl methyl sites for hydroxylation is 1. The third-order valence-corrected chi connectivity index (χ3v) is 10.9. The summed E-state index contributed by atoms with van der Waals surface area (Å²) in [7, 11) is 0. The minimum absolute atomic E-state index is 0.0598. The van der Waals surface area contributed by atoms with Crippen LogP contribution in [0.5, 0.6) is 0 Å². The van der Waals surface area contributed by atoms with E-state index in [1.807, 2.05) is 19.1 Å². The molecule has 8 rings (SSSR count). The molecule has 4 aromatic carbocycles. The summed E-state index contributed by atoms with van der Waals surface area (Å²) in [5, 5.41) is 9.58. The Kier molecular flexibility index (Phi) is 7.01. The Morgan fingerprint density at radius 2 is 1.72 bits per heavy atom. The van der Waals surface area contributed by atoms with Gasteiger partial charge in [0.15, 0.2) is 15.3 Å². The zero-order valence-electron chi connectivity index (χ0n) is 24.6. The fourth-order valence-corrected chi connectivity index (χ4v) is 8.35. The van der Waals surface area contributed by atoms with Crippen molar-refractivity contribution < 1.29 is 18.4 Å². The number of benzene rings is 4. The van der Waals surface area contributed by atoms with Gasteiger partial charge in [-0.05, 0) is 54.4 Å². The number of para-hydroxylation sites is 1. The van der Waals surface area contributed by atoms with Gasteiger partial charge in [-0.25, -0.2) is 4.39 Å². The molecule has 2 aliphatic heterocycles. The van der Waals surface area contributed by atoms with E-state index in [1.165, 1.54) is 28.8 Å². The third kappa shape index (κ3) is 4.52. The number of hydrogen-bond acceptors (Lipinski definition) is 8. The van der Waals surface area contributed by atoms with Crippen LogP contribution in [0.1, 0.15) is 38.4 Å². The van der Waals surface area contributed by atoms with E-state index >= 15 is 4.79 Å². The summed E-state index contributed by atoms with van der Waals surface area (Å²) in [6, 6.07) is 25.6. The smallest absolute Gasteiger partial charge is 0.297 e. The number of nitrogens with zero attached hydrogens (tertiary/aromatic N) is 4. The lowest BCUT2D eigenvalue weighted by Gasteiger charge is -2.32. The van der Waals surface area contributed by atoms with Crippen LogP contribution in [0.15, 0.2) is 105 Å². The van der Waals surface area contributed by atoms with Gasteiger partial charge in [-0.2, -0.15) is 0 Å². The largest absolute Gasteiger partial charge is 0.450 e. The average Bonchev–Trinajstić information content (AvgIpc) is 3.71. The third-order valence-electron chi connectivity index (χ3n) is 8.43. The van der Waals surface area contributed by atoms with Crippen molar-refractivity contribution in [2.75, 3.05) is 9.80 Å². The van der Waals surface area contributed by atoms with Gasteiger partial charge in [-0.1, -0.05) is 94.9 Å². The fraction of sp³-hybridized carbons (Fsp3) is 0.114. The van der Waals surface area contributed by atoms with Gasteiger partial charge in [-0.15, -0.1) is 10.2 Å². The Labute approximate surface area is 280 Å². The van der Waals surface area contributed by atoms with E-state index < -0.39 is 22.8 Å². The first-order chi connectivity index (χ1) is 22.8. The number of anilines is 2. The van der Waals surface area contributed by atoms with E-state index in [-0.39, 0.29) is 39.8 Å². The molecular weight excluding hydrogens is 659 g/mol. The van der Waals surface area contributed by atoms with Crippen molar-refractivity contribution >= 4 is 68.3 Å². The SMILES string of the molecule is Cc1ccc2oc3c(c(=O)c2c1)C1(C(=O)N(Cc2ccccc2Cl)c2ccccc21)N(c1nnc(SCc2ccc(F)cc2)s1)C3=O. The number of thioether (sulfide) groups is 1. The maximum atomic E-state index is 15.1. The maximum Gasteiger partial charge on any atom is 0.297 e. The van der Waals surface area contributed by atoms with Crippen LogP contribution >= 0.6 is 34.7 Å². The molecule has 0 fully saturated rings. The number of amides is 2. The molecule has 0 bridgehead atoms. The Balaban J connectivity index is 1.32. The zero-order valence-corrected chi connectivity index (χ0v) is 27.0. The molecule has 4 heterocycles. The van der Waals surface area contributed by atoms with Gasteiger partial charge in [0.2, 0.25) is 10.9 Å². The van der Waals surface area contributed by atoms with E-state index in [1.54, 1.807) is 71.6 Å². The van der Waals surface area contributed by atoms with Gasteiger partial charge in [0, 0.05) is 16.3 Å². The highest BCUT2D eigenvalue weighted by molar-refractivity contribution is 8.00. The number of halogens is 2. The molecule has 6 aromatic rings. The molecule has 1 atom stereocenters. The van der Waals surface area contributed by atoms with Crippen LogP contribution in [-0.4, -0.2) is 22.0 Å². The van der Waals surface area contributed by atoms with Gasteiger partial charge in [0.1, 0.15) is 11.4 Å². The molecule has 1 spiro atoms. The van der Waals surface area contributed by atoms with Crippen LogP contribution in [0.4, 0.5) is 15.2 Å². The van der Waals surface area contributed by atoms with Gasteiger partial charge in [0.05, 0.1) is 23.2 Å². The number of fused-ring (bicyclic) bond motifs is 5. The first-order valence-corrected chi connectivity index (χ1v) is 16.7. The van der Waals surface area contributed by atoms with E-state index in [4.69, 9.17) is 16.0 Å². The molecule has 0 N–H and O–H groups in total. The first-order valence-electron chi connectivity index (χ1n) is 14.6. The molecule has 47 heavy (non-hydrogen) atoms. The highest BCUT2D eigenvalue weighted by atomic mass is 35.5. The van der Waals surface area contributed by atoms with Crippen molar-refractivity contribution in [3.05, 3.63) is 146 Å². The molecule has 0 radical (unpaired) electrons. The molecule has 2 amide bonds. The highest BCUT2D eigenvalue weighted by Crippen LogP contribution is 2.55. The second-order valence-electron chi connectivity index (χ2n) is 11.3. The lowest BCUT2D eigenvalue weighted by Crippen LogP contribution is -2.53. The summed E-state index contributed by atoms with van der Waals surface area (Å²) in [6.07, 6.45) is 0. The minimum atomic E-state index is -1.92. The van der Waals surface area contributed by atoms with E-state index in [2.05, 4.69) is 10.2 Å². The maximum absolute atomic E-state index is 15.1. The summed E-state index contributed by atoms with van der Waals surface area (Å²) >= 11 is 9.02. The molecule has 8 nitrogen and oxygen atoms in total. The van der Waals surface area contributed by atoms with Crippen molar-refractivity contribution in [3.63, 3.8) is 0 Å². The lowest BCUT2D eigenvalue weighted by molar-refractivity contribution is -0.121. The van der Waals surface area contributed by atoms with Crippen LogP contribution in [0.2, 0.25) is 5.02 Å². The second kappa shape index (κ2) is 11.2. The molecular formula is C35H22ClFN4O4S2. The Morgan fingerprint density at radius 1 is 0.957 bits per heavy atom. The fourth-order valence-electron chi connectivity index (χ4n) is 6.31. The van der Waals surface area contributed by atoms with Gasteiger partial charge < -0.3 is 9.32 Å². The van der Waals surface area contributed by atoms with E-state index in [9.17, 15) is 14.0 Å². The van der Waals surface area contributed by atoms with Crippen molar-refractivity contribution in [2.45, 2.75) is 29.1 Å². The molecule has 232 valence electrons. The average molecular weight is 681 g/mol. The standard InChI is InChI=1S/C35H22ClFN4O4S2/c1-19-10-15-27-23(16-19)29(42)28-30(45-27)31(43)41(33-38-39-34(47-33)46-18-20-11-13-22(37)14-12-20)35(28)24-7-3-5-9-26(24)40(32(35)44)17-21-6-2-4-8-25(21)36/h2-16H,17-18H2,1H3. The Bertz CT molecular complexity index is 2330. The van der Waals surface area contributed by atoms with Crippen LogP contribution in [0, 0.1) is 12.7 Å². The van der Waals surface area contributed by atoms with E-state index in [0.717, 1.165) is 22.5 Å². The second-order valence-corrected chi connectivity index (χ2v) is 13.8. The molecule has 12 heteroatoms. The van der Waals surface area contributed by atoms with Crippen molar-refractivity contribution in [3.8, 4) is 0 Å². The Hall–Kier alpha value is -4.84. The van der Waals surface area contributed by atoms with Crippen LogP contribution < -0.4 is 15.2 Å². The number of rotatable bonds is 6. The molecule has 0 aliphatic carbocycles. The predicted octanol–water partition coefficient (Wildman–Crippen LogP) is 7.49. The number of hydrogen-bond donors (Lipinski definition) is 0. The van der Waals surface area contributed by atoms with Crippen molar-refractivity contribution in [1.82, 2.24) is 10.2 Å². The zero-order chi connectivity index (χ0) is 32.4. The quantitative estimate of drug-likeness (QED) is 0.133. The highest BCUT2D eigenvalue weighted by Gasteiger charge is 2.66. The molecule has 0 saturated heterocycles. The van der Waals surface area contributed by atoms with Gasteiger partial charge in [-0.3, -0.25) is 19.3 Å². The summed E-state index contributed by atoms with van der Waals surface area (Å²) in [4.78, 5) is 47.0. The molecule has 2 aromatic heterocycles. The lowest BCUT2D eigenvalue weighted by atomic mass is 9.84. The summed E-state index contributed by atoms with van der Waals surface area (Å²) < 4.78 is 20.1. The summed E-state index contributed by atoms with van der Waals surface area (Å²) in [6.45, 7) is 1.95. The number of carbonyl (C=O) groups excluding carboxylic acids is 2. The predicted molar refractivity (Wildman–Crippen MR) is 180 cm³/mol. The minimum Gasteiger partial charge on any atom is -0.450 e. The molecule has 2 aliphatic rings. The van der Waals surface area contributed by atoms with Crippen LogP contribution in [0.25, 0.3) is 11.0 Å². The molecule has 0 saturated carbocycles.